The van der Waals surface area contributed by atoms with E-state index in [0.29, 0.717) is 16.1 Å². The average Bonchev–Trinajstić information content (AvgIpc) is 2.42. The number of anilines is 1. The monoisotopic (exact) mass is 303 g/mol. The third-order valence-corrected chi connectivity index (χ3v) is 3.14. The summed E-state index contributed by atoms with van der Waals surface area (Å²) in [5.41, 5.74) is 7.63. The van der Waals surface area contributed by atoms with Crippen molar-refractivity contribution in [1.29, 1.82) is 0 Å². The molecule has 0 amide bonds. The van der Waals surface area contributed by atoms with Crippen LogP contribution in [0.2, 0.25) is 5.02 Å². The summed E-state index contributed by atoms with van der Waals surface area (Å²) in [5.74, 6) is -0.543. The molecule has 5 heteroatoms. The number of nitrogens with two attached hydrogens (primary N) is 1. The molecule has 0 aliphatic heterocycles. The van der Waals surface area contributed by atoms with Gasteiger partial charge in [0.25, 0.3) is 0 Å². The highest BCUT2D eigenvalue weighted by atomic mass is 35.5. The summed E-state index contributed by atoms with van der Waals surface area (Å²) < 4.78 is 5.03. The van der Waals surface area contributed by atoms with Gasteiger partial charge < -0.3 is 10.5 Å². The number of rotatable bonds is 3. The van der Waals surface area contributed by atoms with E-state index in [1.807, 2.05) is 0 Å². The van der Waals surface area contributed by atoms with Crippen molar-refractivity contribution in [2.24, 2.45) is 0 Å². The highest BCUT2D eigenvalue weighted by Gasteiger charge is 2.17. The average molecular weight is 304 g/mol. The number of nitrogen functional groups attached to an aromatic ring is 1. The van der Waals surface area contributed by atoms with Gasteiger partial charge in [-0.1, -0.05) is 11.6 Å². The number of ether oxygens (including phenoxy) is 1. The van der Waals surface area contributed by atoms with Gasteiger partial charge in [-0.15, -0.1) is 0 Å². The molecule has 21 heavy (non-hydrogen) atoms. The standard InChI is InChI=1S/C16H14ClNO3/c1-9-7-13(15(18)14(8-9)21-10(2)19)16(20)11-3-5-12(17)6-4-11/h3-8H,18H2,1-2H3. The molecule has 0 aliphatic carbocycles. The Morgan fingerprint density at radius 3 is 2.33 bits per heavy atom. The van der Waals surface area contributed by atoms with Crippen molar-refractivity contribution in [2.75, 3.05) is 5.73 Å². The van der Waals surface area contributed by atoms with Crippen LogP contribution >= 0.6 is 11.6 Å². The number of aryl methyl sites for hydroxylation is 1. The second-order valence-corrected chi connectivity index (χ2v) is 5.09. The highest BCUT2D eigenvalue weighted by molar-refractivity contribution is 6.30. The minimum Gasteiger partial charge on any atom is -0.424 e. The molecule has 108 valence electrons. The maximum Gasteiger partial charge on any atom is 0.308 e. The molecule has 0 aliphatic rings. The molecule has 0 fully saturated rings. The Morgan fingerprint density at radius 1 is 1.14 bits per heavy atom. The molecular weight excluding hydrogens is 290 g/mol. The molecule has 0 unspecified atom stereocenters. The zero-order chi connectivity index (χ0) is 15.6. The van der Waals surface area contributed by atoms with E-state index in [4.69, 9.17) is 22.1 Å². The van der Waals surface area contributed by atoms with E-state index in [9.17, 15) is 9.59 Å². The Labute approximate surface area is 127 Å². The first-order valence-electron chi connectivity index (χ1n) is 6.27. The third kappa shape index (κ3) is 3.41. The van der Waals surface area contributed by atoms with Crippen LogP contribution in [0.1, 0.15) is 28.4 Å². The Morgan fingerprint density at radius 2 is 1.76 bits per heavy atom. The lowest BCUT2D eigenvalue weighted by Crippen LogP contribution is -2.10. The zero-order valence-corrected chi connectivity index (χ0v) is 12.4. The highest BCUT2D eigenvalue weighted by Crippen LogP contribution is 2.29. The number of esters is 1. The Kier molecular flexibility index (Phi) is 4.29. The molecule has 0 saturated carbocycles. The Hall–Kier alpha value is -2.33. The molecule has 0 saturated heterocycles. The van der Waals surface area contributed by atoms with Crippen LogP contribution in [0.15, 0.2) is 36.4 Å². The summed E-state index contributed by atoms with van der Waals surface area (Å²) in [6.07, 6.45) is 0. The largest absolute Gasteiger partial charge is 0.424 e. The second-order valence-electron chi connectivity index (χ2n) is 4.65. The molecule has 4 nitrogen and oxygen atoms in total. The van der Waals surface area contributed by atoms with Crippen LogP contribution in [0.5, 0.6) is 5.75 Å². The molecular formula is C16H14ClNO3. The van der Waals surface area contributed by atoms with Gasteiger partial charge in [-0.2, -0.15) is 0 Å². The number of carbonyl (C=O) groups is 2. The first-order chi connectivity index (χ1) is 9.88. The van der Waals surface area contributed by atoms with Crippen molar-refractivity contribution in [2.45, 2.75) is 13.8 Å². The zero-order valence-electron chi connectivity index (χ0n) is 11.6. The fraction of sp³-hybridized carbons (Fsp3) is 0.125. The molecule has 0 atom stereocenters. The van der Waals surface area contributed by atoms with Gasteiger partial charge in [0.05, 0.1) is 5.69 Å². The molecule has 2 aromatic rings. The third-order valence-electron chi connectivity index (χ3n) is 2.89. The number of carbonyl (C=O) groups excluding carboxylic acids is 2. The lowest BCUT2D eigenvalue weighted by molar-refractivity contribution is -0.131. The quantitative estimate of drug-likeness (QED) is 0.408. The summed E-state index contributed by atoms with van der Waals surface area (Å²) in [5, 5.41) is 0.546. The van der Waals surface area contributed by atoms with E-state index in [2.05, 4.69) is 0 Å². The summed E-state index contributed by atoms with van der Waals surface area (Å²) in [6, 6.07) is 9.80. The van der Waals surface area contributed by atoms with E-state index in [1.54, 1.807) is 43.3 Å². The predicted octanol–water partition coefficient (Wildman–Crippen LogP) is 3.39. The normalized spacial score (nSPS) is 10.2. The number of halogens is 1. The summed E-state index contributed by atoms with van der Waals surface area (Å²) >= 11 is 5.81. The topological polar surface area (TPSA) is 69.4 Å². The van der Waals surface area contributed by atoms with Crippen molar-refractivity contribution in [3.8, 4) is 5.75 Å². The van der Waals surface area contributed by atoms with Crippen molar-refractivity contribution >= 4 is 29.0 Å². The smallest absolute Gasteiger partial charge is 0.308 e. The van der Waals surface area contributed by atoms with Crippen molar-refractivity contribution in [1.82, 2.24) is 0 Å². The summed E-state index contributed by atoms with van der Waals surface area (Å²) in [6.45, 7) is 3.08. The maximum atomic E-state index is 12.5. The van der Waals surface area contributed by atoms with Crippen LogP contribution in [-0.2, 0) is 4.79 Å². The summed E-state index contributed by atoms with van der Waals surface area (Å²) in [4.78, 5) is 23.6. The minimum absolute atomic E-state index is 0.149. The van der Waals surface area contributed by atoms with Crippen molar-refractivity contribution in [3.05, 3.63) is 58.1 Å². The molecule has 0 spiro atoms. The fourth-order valence-corrected chi connectivity index (χ4v) is 2.07. The van der Waals surface area contributed by atoms with Gasteiger partial charge in [0.1, 0.15) is 0 Å². The lowest BCUT2D eigenvalue weighted by atomic mass is 9.99. The minimum atomic E-state index is -0.489. The maximum absolute atomic E-state index is 12.5. The fourth-order valence-electron chi connectivity index (χ4n) is 1.95. The molecule has 0 heterocycles. The van der Waals surface area contributed by atoms with Gasteiger partial charge in [-0.25, -0.2) is 0 Å². The summed E-state index contributed by atoms with van der Waals surface area (Å²) in [7, 11) is 0. The van der Waals surface area contributed by atoms with E-state index < -0.39 is 5.97 Å². The van der Waals surface area contributed by atoms with E-state index in [-0.39, 0.29) is 17.2 Å². The molecule has 0 bridgehead atoms. The molecule has 2 rings (SSSR count). The number of hydrogen-bond acceptors (Lipinski definition) is 4. The van der Waals surface area contributed by atoms with Gasteiger partial charge in [0.2, 0.25) is 0 Å². The lowest BCUT2D eigenvalue weighted by Gasteiger charge is -2.11. The number of benzene rings is 2. The van der Waals surface area contributed by atoms with E-state index >= 15 is 0 Å². The Balaban J connectivity index is 2.47. The first kappa shape index (κ1) is 15.1. The first-order valence-corrected chi connectivity index (χ1v) is 6.65. The Bertz CT molecular complexity index is 708. The van der Waals surface area contributed by atoms with Crippen molar-refractivity contribution in [3.63, 3.8) is 0 Å². The van der Waals surface area contributed by atoms with Gasteiger partial charge in [-0.05, 0) is 48.9 Å². The molecule has 2 N–H and O–H groups in total. The van der Waals surface area contributed by atoms with Crippen LogP contribution in [0.3, 0.4) is 0 Å². The van der Waals surface area contributed by atoms with Crippen LogP contribution in [0.4, 0.5) is 5.69 Å². The predicted molar refractivity (Wildman–Crippen MR) is 81.8 cm³/mol. The van der Waals surface area contributed by atoms with Crippen LogP contribution < -0.4 is 10.5 Å². The van der Waals surface area contributed by atoms with Crippen molar-refractivity contribution < 1.29 is 14.3 Å². The SMILES string of the molecule is CC(=O)Oc1cc(C)cc(C(=O)c2ccc(Cl)cc2)c1N. The van der Waals surface area contributed by atoms with Gasteiger partial charge in [0.15, 0.2) is 11.5 Å². The molecule has 0 radical (unpaired) electrons. The molecule has 2 aromatic carbocycles. The van der Waals surface area contributed by atoms with Gasteiger partial charge in [0, 0.05) is 23.1 Å². The number of ketones is 1. The van der Waals surface area contributed by atoms with Gasteiger partial charge >= 0.3 is 5.97 Å². The van der Waals surface area contributed by atoms with Crippen LogP contribution in [0, 0.1) is 6.92 Å². The molecule has 0 aromatic heterocycles. The van der Waals surface area contributed by atoms with E-state index in [0.717, 1.165) is 5.56 Å². The van der Waals surface area contributed by atoms with Gasteiger partial charge in [-0.3, -0.25) is 9.59 Å². The second kappa shape index (κ2) is 5.97. The number of hydrogen-bond donors (Lipinski definition) is 1. The van der Waals surface area contributed by atoms with E-state index in [1.165, 1.54) is 6.92 Å². The van der Waals surface area contributed by atoms with Crippen LogP contribution in [-0.4, -0.2) is 11.8 Å². The van der Waals surface area contributed by atoms with Crippen LogP contribution in [0.25, 0.3) is 0 Å².